The Morgan fingerprint density at radius 1 is 1.24 bits per heavy atom. The normalized spacial score (nSPS) is 35.5. The molecule has 0 amide bonds. The second-order valence-electron chi connectivity index (χ2n) is 8.88. The third-order valence-electron chi connectivity index (χ3n) is 6.70. The van der Waals surface area contributed by atoms with Crippen molar-refractivity contribution in [2.75, 3.05) is 0 Å². The molecule has 0 aromatic carbocycles. The molecule has 0 aromatic heterocycles. The zero-order valence-electron chi connectivity index (χ0n) is 18.0. The number of carboxylic acid groups (broad SMARTS) is 1. The molecule has 1 saturated carbocycles. The van der Waals surface area contributed by atoms with E-state index in [2.05, 4.69) is 26.8 Å². The minimum absolute atomic E-state index is 0.0192. The lowest BCUT2D eigenvalue weighted by Crippen LogP contribution is -2.53. The van der Waals surface area contributed by atoms with Gasteiger partial charge in [-0.3, -0.25) is 9.59 Å². The van der Waals surface area contributed by atoms with Crippen LogP contribution in [0.25, 0.3) is 0 Å². The monoisotopic (exact) mass is 406 g/mol. The van der Waals surface area contributed by atoms with Crippen LogP contribution in [0.2, 0.25) is 0 Å². The van der Waals surface area contributed by atoms with Crippen LogP contribution in [0, 0.1) is 35.5 Å². The molecule has 6 heteroatoms. The molecule has 2 N–H and O–H groups in total. The highest BCUT2D eigenvalue weighted by Crippen LogP contribution is 2.49. The Morgan fingerprint density at radius 3 is 2.45 bits per heavy atom. The first kappa shape index (κ1) is 23.3. The standard InChI is InChI=1S/C23H34O6/c1-6-13(3)16-7-8-17-21(22(16)15(5)24)14(4)11-18(23(17)28)29-20(27)10-12(2)9-19(25)26/h7-8,10,13-14,16-18,21-23,28H,6,9,11H2,1-5H3,(H,25,26)/b12-10+/t13-,14-,16-,17-,18-,21+,22+,23+/m1/s1. The molecule has 2 rings (SSSR count). The Morgan fingerprint density at radius 2 is 1.90 bits per heavy atom. The maximum Gasteiger partial charge on any atom is 0.331 e. The fourth-order valence-corrected chi connectivity index (χ4v) is 5.14. The van der Waals surface area contributed by atoms with Gasteiger partial charge in [-0.15, -0.1) is 0 Å². The van der Waals surface area contributed by atoms with Gasteiger partial charge in [-0.1, -0.05) is 44.9 Å². The number of carbonyl (C=O) groups is 3. The zero-order valence-corrected chi connectivity index (χ0v) is 18.0. The number of aliphatic hydroxyl groups excluding tert-OH is 1. The van der Waals surface area contributed by atoms with Gasteiger partial charge >= 0.3 is 11.9 Å². The van der Waals surface area contributed by atoms with Crippen molar-refractivity contribution in [2.45, 2.75) is 66.1 Å². The number of aliphatic hydroxyl groups is 1. The zero-order chi connectivity index (χ0) is 21.9. The number of allylic oxidation sites excluding steroid dienone is 1. The van der Waals surface area contributed by atoms with Crippen LogP contribution in [0.3, 0.4) is 0 Å². The molecule has 29 heavy (non-hydrogen) atoms. The van der Waals surface area contributed by atoms with Gasteiger partial charge in [-0.25, -0.2) is 4.79 Å². The number of hydrogen-bond donors (Lipinski definition) is 2. The Hall–Kier alpha value is -1.95. The third kappa shape index (κ3) is 5.35. The van der Waals surface area contributed by atoms with Crippen molar-refractivity contribution in [2.24, 2.45) is 35.5 Å². The molecule has 0 heterocycles. The van der Waals surface area contributed by atoms with E-state index in [9.17, 15) is 19.5 Å². The highest BCUT2D eigenvalue weighted by atomic mass is 16.6. The summed E-state index contributed by atoms with van der Waals surface area (Å²) in [4.78, 5) is 35.5. The second-order valence-corrected chi connectivity index (χ2v) is 8.88. The highest BCUT2D eigenvalue weighted by molar-refractivity contribution is 5.84. The molecule has 0 unspecified atom stereocenters. The van der Waals surface area contributed by atoms with Crippen LogP contribution in [0.15, 0.2) is 23.8 Å². The van der Waals surface area contributed by atoms with Gasteiger partial charge in [-0.2, -0.15) is 0 Å². The van der Waals surface area contributed by atoms with E-state index in [1.54, 1.807) is 13.8 Å². The van der Waals surface area contributed by atoms with Crippen molar-refractivity contribution >= 4 is 17.7 Å². The largest absolute Gasteiger partial charge is 0.481 e. The predicted molar refractivity (Wildman–Crippen MR) is 109 cm³/mol. The average Bonchev–Trinajstić information content (AvgIpc) is 2.63. The van der Waals surface area contributed by atoms with Crippen molar-refractivity contribution in [3.05, 3.63) is 23.8 Å². The van der Waals surface area contributed by atoms with E-state index in [1.807, 2.05) is 6.08 Å². The van der Waals surface area contributed by atoms with Gasteiger partial charge in [0.1, 0.15) is 11.9 Å². The molecule has 0 bridgehead atoms. The summed E-state index contributed by atoms with van der Waals surface area (Å²) < 4.78 is 5.49. The van der Waals surface area contributed by atoms with E-state index in [0.29, 0.717) is 17.9 Å². The van der Waals surface area contributed by atoms with Gasteiger partial charge in [0.05, 0.1) is 12.5 Å². The highest BCUT2D eigenvalue weighted by Gasteiger charge is 2.51. The number of esters is 1. The smallest absolute Gasteiger partial charge is 0.331 e. The Kier molecular flexibility index (Phi) is 7.80. The van der Waals surface area contributed by atoms with Crippen LogP contribution >= 0.6 is 0 Å². The fraction of sp³-hybridized carbons (Fsp3) is 0.696. The van der Waals surface area contributed by atoms with Crippen molar-refractivity contribution < 1.29 is 29.3 Å². The van der Waals surface area contributed by atoms with E-state index in [4.69, 9.17) is 9.84 Å². The number of hydrogen-bond acceptors (Lipinski definition) is 5. The first-order chi connectivity index (χ1) is 13.6. The fourth-order valence-electron chi connectivity index (χ4n) is 5.14. The lowest BCUT2D eigenvalue weighted by Gasteiger charge is -2.50. The Balaban J connectivity index is 2.20. The number of ketones is 1. The Bertz CT molecular complexity index is 693. The molecular weight excluding hydrogens is 372 g/mol. The molecule has 2 aliphatic rings. The van der Waals surface area contributed by atoms with Crippen LogP contribution in [0.4, 0.5) is 0 Å². The molecule has 0 saturated heterocycles. The number of ether oxygens (including phenoxy) is 1. The third-order valence-corrected chi connectivity index (χ3v) is 6.70. The van der Waals surface area contributed by atoms with Crippen molar-refractivity contribution in [1.82, 2.24) is 0 Å². The molecule has 0 aromatic rings. The molecule has 6 nitrogen and oxygen atoms in total. The number of carboxylic acids is 1. The molecule has 162 valence electrons. The van der Waals surface area contributed by atoms with Gasteiger partial charge in [0.15, 0.2) is 0 Å². The van der Waals surface area contributed by atoms with E-state index in [0.717, 1.165) is 6.42 Å². The summed E-state index contributed by atoms with van der Waals surface area (Å²) in [6.07, 6.45) is 4.91. The van der Waals surface area contributed by atoms with E-state index in [-0.39, 0.29) is 41.8 Å². The number of carbonyl (C=O) groups excluding carboxylic acids is 2. The summed E-state index contributed by atoms with van der Waals surface area (Å²) in [5.74, 6) is -1.22. The van der Waals surface area contributed by atoms with Crippen LogP contribution in [0.5, 0.6) is 0 Å². The second kappa shape index (κ2) is 9.70. The van der Waals surface area contributed by atoms with Gasteiger partial charge in [0.25, 0.3) is 0 Å². The van der Waals surface area contributed by atoms with E-state index < -0.39 is 24.1 Å². The van der Waals surface area contributed by atoms with Gasteiger partial charge < -0.3 is 14.9 Å². The topological polar surface area (TPSA) is 101 Å². The number of fused-ring (bicyclic) bond motifs is 1. The van der Waals surface area contributed by atoms with E-state index >= 15 is 0 Å². The number of rotatable bonds is 7. The van der Waals surface area contributed by atoms with Crippen LogP contribution in [-0.2, 0) is 19.1 Å². The summed E-state index contributed by atoms with van der Waals surface area (Å²) in [7, 11) is 0. The summed E-state index contributed by atoms with van der Waals surface area (Å²) in [5.41, 5.74) is 0.393. The predicted octanol–water partition coefficient (Wildman–Crippen LogP) is 3.39. The summed E-state index contributed by atoms with van der Waals surface area (Å²) in [6.45, 7) is 9.53. The maximum absolute atomic E-state index is 12.5. The molecule has 8 atom stereocenters. The van der Waals surface area contributed by atoms with Crippen molar-refractivity contribution in [1.29, 1.82) is 0 Å². The molecule has 1 fully saturated rings. The summed E-state index contributed by atoms with van der Waals surface area (Å²) >= 11 is 0. The minimum atomic E-state index is -1.01. The maximum atomic E-state index is 12.5. The number of Topliss-reactive ketones (excluding diaryl/α,β-unsaturated/α-hetero) is 1. The lowest BCUT2D eigenvalue weighted by atomic mass is 9.56. The van der Waals surface area contributed by atoms with Crippen molar-refractivity contribution in [3.8, 4) is 0 Å². The SMILES string of the molecule is CC[C@@H](C)[C@H]1C=C[C@H]2[C@H](O)[C@H](OC(=O)/C=C(\C)CC(=O)O)C[C@@H](C)[C@@H]2[C@H]1C(C)=O. The Labute approximate surface area is 173 Å². The summed E-state index contributed by atoms with van der Waals surface area (Å²) in [5, 5.41) is 19.7. The van der Waals surface area contributed by atoms with E-state index in [1.165, 1.54) is 6.08 Å². The van der Waals surface area contributed by atoms with Gasteiger partial charge in [0, 0.05) is 17.9 Å². The first-order valence-corrected chi connectivity index (χ1v) is 10.5. The van der Waals surface area contributed by atoms with Crippen LogP contribution in [0.1, 0.15) is 53.9 Å². The van der Waals surface area contributed by atoms with Gasteiger partial charge in [-0.05, 0) is 43.9 Å². The molecule has 0 radical (unpaired) electrons. The molecule has 2 aliphatic carbocycles. The minimum Gasteiger partial charge on any atom is -0.481 e. The summed E-state index contributed by atoms with van der Waals surface area (Å²) in [6, 6.07) is 0. The molecular formula is C23H34O6. The van der Waals surface area contributed by atoms with Crippen molar-refractivity contribution in [3.63, 3.8) is 0 Å². The first-order valence-electron chi connectivity index (χ1n) is 10.5. The number of aliphatic carboxylic acids is 1. The molecule has 0 aliphatic heterocycles. The molecule has 0 spiro atoms. The quantitative estimate of drug-likeness (QED) is 0.382. The van der Waals surface area contributed by atoms with Gasteiger partial charge in [0.2, 0.25) is 0 Å². The van der Waals surface area contributed by atoms with Crippen LogP contribution < -0.4 is 0 Å². The lowest BCUT2D eigenvalue weighted by molar-refractivity contribution is -0.163. The average molecular weight is 407 g/mol. The van der Waals surface area contributed by atoms with Crippen LogP contribution in [-0.4, -0.2) is 40.1 Å².